The molecule has 2 aromatic carbocycles. The number of nitrogens with one attached hydrogen (secondary N) is 1. The van der Waals surface area contributed by atoms with Crippen molar-refractivity contribution < 1.29 is 18.4 Å². The molecule has 5 nitrogen and oxygen atoms in total. The number of fused-ring (bicyclic) bond motifs is 1. The van der Waals surface area contributed by atoms with Crippen LogP contribution in [-0.4, -0.2) is 24.1 Å². The second kappa shape index (κ2) is 8.53. The highest BCUT2D eigenvalue weighted by molar-refractivity contribution is 7.99. The van der Waals surface area contributed by atoms with E-state index in [-0.39, 0.29) is 24.1 Å². The van der Waals surface area contributed by atoms with Gasteiger partial charge in [-0.25, -0.2) is 4.39 Å². The Morgan fingerprint density at radius 3 is 2.83 bits per heavy atom. The normalized spacial score (nSPS) is 12.7. The average Bonchev–Trinajstić information content (AvgIpc) is 3.39. The van der Waals surface area contributed by atoms with Crippen LogP contribution in [0.2, 0.25) is 0 Å². The zero-order chi connectivity index (χ0) is 20.2. The molecule has 1 aliphatic rings. The van der Waals surface area contributed by atoms with E-state index < -0.39 is 0 Å². The van der Waals surface area contributed by atoms with Crippen molar-refractivity contribution in [3.8, 4) is 0 Å². The van der Waals surface area contributed by atoms with Crippen molar-refractivity contribution >= 4 is 35.0 Å². The third-order valence-electron chi connectivity index (χ3n) is 4.70. The summed E-state index contributed by atoms with van der Waals surface area (Å²) in [6.07, 6.45) is 3.93. The molecule has 0 radical (unpaired) electrons. The number of carbonyl (C=O) groups is 2. The monoisotopic (exact) mass is 410 g/mol. The van der Waals surface area contributed by atoms with E-state index in [1.807, 2.05) is 12.1 Å². The van der Waals surface area contributed by atoms with E-state index in [0.717, 1.165) is 17.7 Å². The molecule has 0 spiro atoms. The Morgan fingerprint density at radius 2 is 2.03 bits per heavy atom. The topological polar surface area (TPSA) is 62.6 Å². The fourth-order valence-corrected chi connectivity index (χ4v) is 4.16. The van der Waals surface area contributed by atoms with Crippen LogP contribution in [0.1, 0.15) is 22.3 Å². The van der Waals surface area contributed by atoms with Gasteiger partial charge < -0.3 is 14.6 Å². The van der Waals surface area contributed by atoms with Gasteiger partial charge in [-0.15, -0.1) is 11.8 Å². The van der Waals surface area contributed by atoms with Gasteiger partial charge >= 0.3 is 0 Å². The van der Waals surface area contributed by atoms with E-state index >= 15 is 0 Å². The zero-order valence-electron chi connectivity index (χ0n) is 15.6. The Kier molecular flexibility index (Phi) is 5.67. The molecule has 3 aromatic rings. The summed E-state index contributed by atoms with van der Waals surface area (Å²) in [5.41, 5.74) is 3.08. The maximum absolute atomic E-state index is 13.6. The van der Waals surface area contributed by atoms with Gasteiger partial charge in [-0.1, -0.05) is 12.1 Å². The van der Waals surface area contributed by atoms with Gasteiger partial charge in [0.05, 0.1) is 11.8 Å². The predicted octanol–water partition coefficient (Wildman–Crippen LogP) is 4.74. The van der Waals surface area contributed by atoms with Crippen LogP contribution in [0.15, 0.2) is 70.4 Å². The van der Waals surface area contributed by atoms with Crippen LogP contribution >= 0.6 is 11.8 Å². The Labute approximate surface area is 171 Å². The number of anilines is 2. The molecule has 1 aliphatic heterocycles. The third-order valence-corrected chi connectivity index (χ3v) is 5.75. The fraction of sp³-hybridized carbons (Fsp3) is 0.182. The van der Waals surface area contributed by atoms with Crippen LogP contribution in [0.4, 0.5) is 15.8 Å². The van der Waals surface area contributed by atoms with Crippen LogP contribution in [-0.2, 0) is 11.2 Å². The highest BCUT2D eigenvalue weighted by Gasteiger charge is 2.26. The lowest BCUT2D eigenvalue weighted by Crippen LogP contribution is -2.28. The largest absolute Gasteiger partial charge is 0.472 e. The standard InChI is InChI=1S/C22H19FN2O3S/c23-18-3-1-2-4-20(18)29-12-9-21(26)24-17-5-6-19-15(13-17)7-10-25(19)22(27)16-8-11-28-14-16/h1-6,8,11,13-14H,7,9-10,12H2,(H,24,26). The van der Waals surface area contributed by atoms with Gasteiger partial charge in [0.25, 0.3) is 5.91 Å². The molecule has 29 heavy (non-hydrogen) atoms. The van der Waals surface area contributed by atoms with Crippen LogP contribution in [0.3, 0.4) is 0 Å². The number of rotatable bonds is 6. The number of thioether (sulfide) groups is 1. The summed E-state index contributed by atoms with van der Waals surface area (Å²) < 4.78 is 18.6. The molecule has 0 saturated carbocycles. The minimum Gasteiger partial charge on any atom is -0.472 e. The number of benzene rings is 2. The first-order chi connectivity index (χ1) is 14.1. The summed E-state index contributed by atoms with van der Waals surface area (Å²) in [5, 5.41) is 2.88. The fourth-order valence-electron chi connectivity index (χ4n) is 3.27. The molecule has 2 heterocycles. The number of carbonyl (C=O) groups excluding carboxylic acids is 2. The molecule has 7 heteroatoms. The predicted molar refractivity (Wildman–Crippen MR) is 111 cm³/mol. The molecule has 0 saturated heterocycles. The molecule has 0 unspecified atom stereocenters. The molecular weight excluding hydrogens is 391 g/mol. The van der Waals surface area contributed by atoms with E-state index in [2.05, 4.69) is 5.32 Å². The molecule has 1 aromatic heterocycles. The lowest BCUT2D eigenvalue weighted by atomic mass is 10.1. The molecule has 2 amide bonds. The Morgan fingerprint density at radius 1 is 1.17 bits per heavy atom. The lowest BCUT2D eigenvalue weighted by molar-refractivity contribution is -0.115. The summed E-state index contributed by atoms with van der Waals surface area (Å²) >= 11 is 1.32. The minimum absolute atomic E-state index is 0.0977. The highest BCUT2D eigenvalue weighted by Crippen LogP contribution is 2.32. The number of nitrogens with zero attached hydrogens (tertiary/aromatic N) is 1. The van der Waals surface area contributed by atoms with Crippen LogP contribution < -0.4 is 10.2 Å². The SMILES string of the molecule is O=C(CCSc1ccccc1F)Nc1ccc2c(c1)CCN2C(=O)c1ccoc1. The zero-order valence-corrected chi connectivity index (χ0v) is 16.4. The van der Waals surface area contributed by atoms with Gasteiger partial charge in [0, 0.05) is 35.0 Å². The first-order valence-corrected chi connectivity index (χ1v) is 10.2. The summed E-state index contributed by atoms with van der Waals surface area (Å²) in [4.78, 5) is 27.0. The number of halogens is 1. The Hall–Kier alpha value is -3.06. The molecule has 0 atom stereocenters. The first kappa shape index (κ1) is 19.3. The van der Waals surface area contributed by atoms with Gasteiger partial charge in [0.15, 0.2) is 0 Å². The van der Waals surface area contributed by atoms with Gasteiger partial charge in [0.2, 0.25) is 5.91 Å². The second-order valence-electron chi connectivity index (χ2n) is 6.64. The van der Waals surface area contributed by atoms with Crippen molar-refractivity contribution in [2.24, 2.45) is 0 Å². The summed E-state index contributed by atoms with van der Waals surface area (Å²) in [7, 11) is 0. The van der Waals surface area contributed by atoms with Crippen molar-refractivity contribution in [2.45, 2.75) is 17.7 Å². The van der Waals surface area contributed by atoms with Gasteiger partial charge in [0.1, 0.15) is 12.1 Å². The van der Waals surface area contributed by atoms with Crippen molar-refractivity contribution in [1.29, 1.82) is 0 Å². The van der Waals surface area contributed by atoms with Crippen molar-refractivity contribution in [1.82, 2.24) is 0 Å². The molecule has 0 aliphatic carbocycles. The number of hydrogen-bond acceptors (Lipinski definition) is 4. The Bertz CT molecular complexity index is 1040. The highest BCUT2D eigenvalue weighted by atomic mass is 32.2. The summed E-state index contributed by atoms with van der Waals surface area (Å²) in [6, 6.07) is 13.7. The number of hydrogen-bond donors (Lipinski definition) is 1. The van der Waals surface area contributed by atoms with E-state index in [0.29, 0.717) is 28.4 Å². The van der Waals surface area contributed by atoms with E-state index in [9.17, 15) is 14.0 Å². The van der Waals surface area contributed by atoms with Crippen molar-refractivity contribution in [3.63, 3.8) is 0 Å². The number of amides is 2. The van der Waals surface area contributed by atoms with Crippen LogP contribution in [0.5, 0.6) is 0 Å². The smallest absolute Gasteiger partial charge is 0.261 e. The summed E-state index contributed by atoms with van der Waals surface area (Å²) in [6.45, 7) is 0.593. The molecule has 148 valence electrons. The van der Waals surface area contributed by atoms with Gasteiger partial charge in [-0.05, 0) is 48.4 Å². The van der Waals surface area contributed by atoms with Crippen LogP contribution in [0, 0.1) is 5.82 Å². The minimum atomic E-state index is -0.272. The maximum atomic E-state index is 13.6. The average molecular weight is 410 g/mol. The summed E-state index contributed by atoms with van der Waals surface area (Å²) in [5.74, 6) is -0.00588. The van der Waals surface area contributed by atoms with E-state index in [4.69, 9.17) is 4.42 Å². The van der Waals surface area contributed by atoms with Gasteiger partial charge in [-0.3, -0.25) is 9.59 Å². The van der Waals surface area contributed by atoms with Crippen molar-refractivity contribution in [2.75, 3.05) is 22.5 Å². The van der Waals surface area contributed by atoms with E-state index in [1.54, 1.807) is 35.2 Å². The molecule has 0 fully saturated rings. The van der Waals surface area contributed by atoms with Crippen LogP contribution in [0.25, 0.3) is 0 Å². The van der Waals surface area contributed by atoms with E-state index in [1.165, 1.54) is 30.4 Å². The first-order valence-electron chi connectivity index (χ1n) is 9.26. The quantitative estimate of drug-likeness (QED) is 0.596. The Balaban J connectivity index is 1.34. The molecular formula is C22H19FN2O3S. The lowest BCUT2D eigenvalue weighted by Gasteiger charge is -2.16. The van der Waals surface area contributed by atoms with Crippen molar-refractivity contribution in [3.05, 3.63) is 78.0 Å². The second-order valence-corrected chi connectivity index (χ2v) is 7.78. The molecule has 1 N–H and O–H groups in total. The molecule has 4 rings (SSSR count). The molecule has 0 bridgehead atoms. The third kappa shape index (κ3) is 4.35. The maximum Gasteiger partial charge on any atom is 0.261 e. The number of furan rings is 1. The van der Waals surface area contributed by atoms with Gasteiger partial charge in [-0.2, -0.15) is 0 Å².